The molecule has 0 aliphatic carbocycles. The SMILES string of the molecule is Oc1ccc(N=Nc2ccc(-n3c4ccccc4c4ccccc43)cc2)cc1. The summed E-state index contributed by atoms with van der Waals surface area (Å²) < 4.78 is 2.27. The van der Waals surface area contributed by atoms with E-state index in [1.165, 1.54) is 21.8 Å². The van der Waals surface area contributed by atoms with Gasteiger partial charge in [-0.3, -0.25) is 0 Å². The van der Waals surface area contributed by atoms with Crippen LogP contribution >= 0.6 is 0 Å². The van der Waals surface area contributed by atoms with Crippen molar-refractivity contribution in [3.8, 4) is 11.4 Å². The molecule has 0 saturated heterocycles. The van der Waals surface area contributed by atoms with Crippen molar-refractivity contribution < 1.29 is 5.11 Å². The first-order valence-corrected chi connectivity index (χ1v) is 9.09. The Morgan fingerprint density at radius 3 is 1.54 bits per heavy atom. The number of benzene rings is 4. The number of fused-ring (bicyclic) bond motifs is 3. The van der Waals surface area contributed by atoms with Gasteiger partial charge in [-0.1, -0.05) is 36.4 Å². The minimum absolute atomic E-state index is 0.217. The maximum atomic E-state index is 9.34. The lowest BCUT2D eigenvalue weighted by atomic mass is 10.2. The first-order chi connectivity index (χ1) is 13.8. The van der Waals surface area contributed by atoms with Gasteiger partial charge in [-0.25, -0.2) is 0 Å². The molecular weight excluding hydrogens is 346 g/mol. The quantitative estimate of drug-likeness (QED) is 0.348. The lowest BCUT2D eigenvalue weighted by Crippen LogP contribution is -1.92. The van der Waals surface area contributed by atoms with Gasteiger partial charge in [0, 0.05) is 16.5 Å². The number of para-hydroxylation sites is 2. The summed E-state index contributed by atoms with van der Waals surface area (Å²) in [4.78, 5) is 0. The van der Waals surface area contributed by atoms with E-state index in [9.17, 15) is 5.11 Å². The van der Waals surface area contributed by atoms with E-state index in [2.05, 4.69) is 75.5 Å². The standard InChI is InChI=1S/C24H17N3O/c28-20-15-11-18(12-16-20)26-25-17-9-13-19(14-10-17)27-23-7-3-1-5-21(23)22-6-2-4-8-24(22)27/h1-16,28H. The lowest BCUT2D eigenvalue weighted by Gasteiger charge is -2.07. The minimum Gasteiger partial charge on any atom is -0.508 e. The lowest BCUT2D eigenvalue weighted by molar-refractivity contribution is 0.475. The molecule has 134 valence electrons. The summed E-state index contributed by atoms with van der Waals surface area (Å²) in [5.74, 6) is 0.217. The third kappa shape index (κ3) is 2.81. The Morgan fingerprint density at radius 2 is 1.00 bits per heavy atom. The molecule has 0 spiro atoms. The topological polar surface area (TPSA) is 49.9 Å². The van der Waals surface area contributed by atoms with E-state index in [0.29, 0.717) is 5.69 Å². The molecule has 1 heterocycles. The van der Waals surface area contributed by atoms with E-state index >= 15 is 0 Å². The van der Waals surface area contributed by atoms with E-state index < -0.39 is 0 Å². The highest BCUT2D eigenvalue weighted by Crippen LogP contribution is 2.32. The Kier molecular flexibility index (Phi) is 3.87. The van der Waals surface area contributed by atoms with Crippen molar-refractivity contribution in [2.45, 2.75) is 0 Å². The molecule has 0 aliphatic rings. The number of aromatic nitrogens is 1. The van der Waals surface area contributed by atoms with Gasteiger partial charge < -0.3 is 9.67 Å². The van der Waals surface area contributed by atoms with Crippen LogP contribution in [0.25, 0.3) is 27.5 Å². The third-order valence-electron chi connectivity index (χ3n) is 4.82. The number of phenolic OH excluding ortho intramolecular Hbond substituents is 1. The Bertz CT molecular complexity index is 1250. The molecule has 5 rings (SSSR count). The van der Waals surface area contributed by atoms with Gasteiger partial charge in [0.15, 0.2) is 0 Å². The molecular formula is C24H17N3O. The van der Waals surface area contributed by atoms with Gasteiger partial charge in [0.1, 0.15) is 5.75 Å². The molecule has 1 N–H and O–H groups in total. The van der Waals surface area contributed by atoms with Gasteiger partial charge in [-0.2, -0.15) is 10.2 Å². The van der Waals surface area contributed by atoms with Crippen molar-refractivity contribution in [2.24, 2.45) is 10.2 Å². The molecule has 1 aromatic heterocycles. The molecule has 0 bridgehead atoms. The first-order valence-electron chi connectivity index (χ1n) is 9.09. The molecule has 28 heavy (non-hydrogen) atoms. The van der Waals surface area contributed by atoms with Crippen LogP contribution in [-0.4, -0.2) is 9.67 Å². The van der Waals surface area contributed by atoms with Crippen molar-refractivity contribution in [2.75, 3.05) is 0 Å². The molecule has 0 saturated carbocycles. The van der Waals surface area contributed by atoms with Gasteiger partial charge in [-0.15, -0.1) is 0 Å². The second kappa shape index (κ2) is 6.67. The average Bonchev–Trinajstić information content (AvgIpc) is 3.08. The summed E-state index contributed by atoms with van der Waals surface area (Å²) >= 11 is 0. The Balaban J connectivity index is 1.55. The molecule has 4 aromatic carbocycles. The zero-order valence-corrected chi connectivity index (χ0v) is 15.0. The minimum atomic E-state index is 0.217. The fourth-order valence-electron chi connectivity index (χ4n) is 3.50. The van der Waals surface area contributed by atoms with Crippen molar-refractivity contribution in [3.63, 3.8) is 0 Å². The molecule has 0 amide bonds. The molecule has 4 heteroatoms. The Hall–Kier alpha value is -3.92. The molecule has 0 aliphatic heterocycles. The Labute approximate surface area is 162 Å². The van der Waals surface area contributed by atoms with Crippen LogP contribution in [0.1, 0.15) is 0 Å². The van der Waals surface area contributed by atoms with Crippen LogP contribution in [0, 0.1) is 0 Å². The van der Waals surface area contributed by atoms with Gasteiger partial charge in [0.2, 0.25) is 0 Å². The molecule has 5 aromatic rings. The van der Waals surface area contributed by atoms with Gasteiger partial charge in [0.25, 0.3) is 0 Å². The van der Waals surface area contributed by atoms with Crippen molar-refractivity contribution in [1.82, 2.24) is 4.57 Å². The predicted molar refractivity (Wildman–Crippen MR) is 113 cm³/mol. The molecule has 0 atom stereocenters. The largest absolute Gasteiger partial charge is 0.508 e. The fraction of sp³-hybridized carbons (Fsp3) is 0. The van der Waals surface area contributed by atoms with Crippen LogP contribution in [0.4, 0.5) is 11.4 Å². The van der Waals surface area contributed by atoms with Crippen LogP contribution in [0.3, 0.4) is 0 Å². The summed E-state index contributed by atoms with van der Waals surface area (Å²) in [6, 6.07) is 31.6. The summed E-state index contributed by atoms with van der Waals surface area (Å²) in [6.07, 6.45) is 0. The maximum Gasteiger partial charge on any atom is 0.115 e. The number of rotatable bonds is 3. The Morgan fingerprint density at radius 1 is 0.536 bits per heavy atom. The fourth-order valence-corrected chi connectivity index (χ4v) is 3.50. The number of hydrogen-bond donors (Lipinski definition) is 1. The van der Waals surface area contributed by atoms with Gasteiger partial charge in [0.05, 0.1) is 22.4 Å². The van der Waals surface area contributed by atoms with Crippen LogP contribution in [0.5, 0.6) is 5.75 Å². The number of aromatic hydroxyl groups is 1. The third-order valence-corrected chi connectivity index (χ3v) is 4.82. The van der Waals surface area contributed by atoms with Crippen LogP contribution in [0.15, 0.2) is 107 Å². The monoisotopic (exact) mass is 363 g/mol. The zero-order chi connectivity index (χ0) is 18.9. The zero-order valence-electron chi connectivity index (χ0n) is 15.0. The average molecular weight is 363 g/mol. The van der Waals surface area contributed by atoms with E-state index in [4.69, 9.17) is 0 Å². The molecule has 0 radical (unpaired) electrons. The normalized spacial score (nSPS) is 11.6. The maximum absolute atomic E-state index is 9.34. The van der Waals surface area contributed by atoms with E-state index in [1.54, 1.807) is 24.3 Å². The van der Waals surface area contributed by atoms with Crippen molar-refractivity contribution in [1.29, 1.82) is 0 Å². The molecule has 0 fully saturated rings. The molecule has 0 unspecified atom stereocenters. The summed E-state index contributed by atoms with van der Waals surface area (Å²) in [5, 5.41) is 20.3. The highest BCUT2D eigenvalue weighted by atomic mass is 16.3. The number of nitrogens with zero attached hydrogens (tertiary/aromatic N) is 3. The molecule has 4 nitrogen and oxygen atoms in total. The summed E-state index contributed by atoms with van der Waals surface area (Å²) in [5.41, 5.74) is 4.92. The smallest absolute Gasteiger partial charge is 0.115 e. The number of phenols is 1. The van der Waals surface area contributed by atoms with E-state index in [-0.39, 0.29) is 5.75 Å². The van der Waals surface area contributed by atoms with Crippen LogP contribution in [0.2, 0.25) is 0 Å². The van der Waals surface area contributed by atoms with Crippen LogP contribution in [-0.2, 0) is 0 Å². The van der Waals surface area contributed by atoms with Crippen molar-refractivity contribution in [3.05, 3.63) is 97.1 Å². The highest BCUT2D eigenvalue weighted by molar-refractivity contribution is 6.09. The van der Waals surface area contributed by atoms with Crippen LogP contribution < -0.4 is 0 Å². The van der Waals surface area contributed by atoms with Gasteiger partial charge >= 0.3 is 0 Å². The van der Waals surface area contributed by atoms with E-state index in [0.717, 1.165) is 11.4 Å². The van der Waals surface area contributed by atoms with E-state index in [1.807, 2.05) is 12.1 Å². The predicted octanol–water partition coefficient (Wildman–Crippen LogP) is 6.90. The second-order valence-corrected chi connectivity index (χ2v) is 6.60. The first kappa shape index (κ1) is 16.3. The second-order valence-electron chi connectivity index (χ2n) is 6.60. The number of hydrogen-bond acceptors (Lipinski definition) is 3. The van der Waals surface area contributed by atoms with Gasteiger partial charge in [-0.05, 0) is 60.7 Å². The number of azo groups is 1. The summed E-state index contributed by atoms with van der Waals surface area (Å²) in [6.45, 7) is 0. The summed E-state index contributed by atoms with van der Waals surface area (Å²) in [7, 11) is 0. The highest BCUT2D eigenvalue weighted by Gasteiger charge is 2.10. The van der Waals surface area contributed by atoms with Crippen molar-refractivity contribution >= 4 is 33.2 Å².